The first kappa shape index (κ1) is 21.7. The Morgan fingerprint density at radius 3 is 2.66 bits per heavy atom. The van der Waals surface area contributed by atoms with Gasteiger partial charge in [0.05, 0.1) is 6.42 Å². The molecule has 0 unspecified atom stereocenters. The Balaban J connectivity index is 1.31. The van der Waals surface area contributed by atoms with Crippen LogP contribution in [0.2, 0.25) is 0 Å². The number of nitrogens with zero attached hydrogens (tertiary/aromatic N) is 5. The molecule has 166 valence electrons. The van der Waals surface area contributed by atoms with Crippen molar-refractivity contribution in [2.24, 2.45) is 0 Å². The number of rotatable bonds is 7. The van der Waals surface area contributed by atoms with E-state index in [1.165, 1.54) is 23.5 Å². The molecular formula is C20H19F2N7O2S. The average molecular weight is 459 g/mol. The molecule has 3 heterocycles. The van der Waals surface area contributed by atoms with Crippen molar-refractivity contribution in [1.29, 1.82) is 0 Å². The van der Waals surface area contributed by atoms with Gasteiger partial charge in [-0.25, -0.2) is 8.78 Å². The zero-order valence-corrected chi connectivity index (χ0v) is 17.6. The third-order valence-corrected chi connectivity index (χ3v) is 6.10. The van der Waals surface area contributed by atoms with Gasteiger partial charge in [-0.15, -0.1) is 20.4 Å². The molecule has 0 spiro atoms. The van der Waals surface area contributed by atoms with Crippen molar-refractivity contribution < 1.29 is 18.4 Å². The molecule has 0 saturated carbocycles. The molecule has 3 aromatic rings. The third kappa shape index (κ3) is 5.02. The Labute approximate surface area is 185 Å². The van der Waals surface area contributed by atoms with Gasteiger partial charge in [0.1, 0.15) is 5.01 Å². The zero-order chi connectivity index (χ0) is 22.5. The van der Waals surface area contributed by atoms with E-state index in [9.17, 15) is 18.4 Å². The Hall–Kier alpha value is -3.54. The van der Waals surface area contributed by atoms with Crippen LogP contribution in [0.4, 0.5) is 25.5 Å². The molecule has 1 aromatic carbocycles. The number of halogens is 2. The first-order chi connectivity index (χ1) is 15.5. The highest BCUT2D eigenvalue weighted by Crippen LogP contribution is 2.33. The fourth-order valence-electron chi connectivity index (χ4n) is 3.46. The summed E-state index contributed by atoms with van der Waals surface area (Å²) in [5, 5.41) is 22.5. The van der Waals surface area contributed by atoms with Crippen molar-refractivity contribution in [3.8, 4) is 0 Å². The second kappa shape index (κ2) is 9.73. The summed E-state index contributed by atoms with van der Waals surface area (Å²) in [7, 11) is 0. The maximum Gasteiger partial charge on any atom is 0.230 e. The highest BCUT2D eigenvalue weighted by atomic mass is 32.1. The number of benzene rings is 1. The van der Waals surface area contributed by atoms with E-state index in [1.807, 2.05) is 0 Å². The Morgan fingerprint density at radius 2 is 1.94 bits per heavy atom. The Kier molecular flexibility index (Phi) is 6.59. The maximum atomic E-state index is 13.7. The molecule has 1 saturated heterocycles. The Morgan fingerprint density at radius 1 is 1.12 bits per heavy atom. The van der Waals surface area contributed by atoms with Crippen LogP contribution >= 0.6 is 11.3 Å². The zero-order valence-electron chi connectivity index (χ0n) is 16.8. The quantitative estimate of drug-likeness (QED) is 0.523. The van der Waals surface area contributed by atoms with Crippen molar-refractivity contribution in [3.05, 3.63) is 52.5 Å². The lowest BCUT2D eigenvalue weighted by Gasteiger charge is -2.31. The van der Waals surface area contributed by atoms with Crippen LogP contribution in [0, 0.1) is 11.6 Å². The van der Waals surface area contributed by atoms with Gasteiger partial charge in [0, 0.05) is 24.6 Å². The predicted molar refractivity (Wildman–Crippen MR) is 115 cm³/mol. The average Bonchev–Trinajstić information content (AvgIpc) is 3.26. The molecule has 2 N–H and O–H groups in total. The molecular weight excluding hydrogens is 440 g/mol. The number of amides is 2. The van der Waals surface area contributed by atoms with Gasteiger partial charge in [-0.05, 0) is 31.0 Å². The van der Waals surface area contributed by atoms with Crippen LogP contribution in [0.5, 0.6) is 0 Å². The van der Waals surface area contributed by atoms with Gasteiger partial charge < -0.3 is 15.5 Å². The molecule has 0 radical (unpaired) electrons. The lowest BCUT2D eigenvalue weighted by molar-refractivity contribution is -0.115. The third-order valence-electron chi connectivity index (χ3n) is 5.10. The largest absolute Gasteiger partial charge is 0.355 e. The van der Waals surface area contributed by atoms with Crippen LogP contribution < -0.4 is 15.5 Å². The van der Waals surface area contributed by atoms with Gasteiger partial charge in [0.15, 0.2) is 23.3 Å². The van der Waals surface area contributed by atoms with E-state index in [2.05, 4.69) is 35.9 Å². The lowest BCUT2D eigenvalue weighted by atomic mass is 9.98. The smallest absolute Gasteiger partial charge is 0.230 e. The number of hydrogen-bond acceptors (Lipinski definition) is 8. The van der Waals surface area contributed by atoms with Crippen LogP contribution in [0.3, 0.4) is 0 Å². The monoisotopic (exact) mass is 459 g/mol. The normalized spacial score (nSPS) is 14.2. The van der Waals surface area contributed by atoms with Crippen molar-refractivity contribution in [2.75, 3.05) is 28.6 Å². The summed E-state index contributed by atoms with van der Waals surface area (Å²) in [5.74, 6) is -1.18. The summed E-state index contributed by atoms with van der Waals surface area (Å²) in [6.07, 6.45) is 1.91. The molecule has 12 heteroatoms. The SMILES string of the molecule is O=CNc1ccc(N2CCC(c3nnc(NC(=O)Cc4cccc(F)c4F)s3)CC2)nn1. The molecule has 0 atom stereocenters. The number of piperidine rings is 1. The van der Waals surface area contributed by atoms with Gasteiger partial charge in [-0.2, -0.15) is 0 Å². The van der Waals surface area contributed by atoms with Gasteiger partial charge in [-0.1, -0.05) is 23.5 Å². The fourth-order valence-corrected chi connectivity index (χ4v) is 4.39. The molecule has 32 heavy (non-hydrogen) atoms. The fraction of sp³-hybridized carbons (Fsp3) is 0.300. The van der Waals surface area contributed by atoms with E-state index < -0.39 is 17.5 Å². The van der Waals surface area contributed by atoms with Crippen molar-refractivity contribution in [3.63, 3.8) is 0 Å². The number of nitrogens with one attached hydrogen (secondary N) is 2. The first-order valence-electron chi connectivity index (χ1n) is 9.88. The van der Waals surface area contributed by atoms with Crippen molar-refractivity contribution in [2.45, 2.75) is 25.2 Å². The molecule has 4 rings (SSSR count). The minimum atomic E-state index is -1.02. The van der Waals surface area contributed by atoms with Gasteiger partial charge in [0.25, 0.3) is 0 Å². The molecule has 1 aliphatic rings. The van der Waals surface area contributed by atoms with E-state index in [0.717, 1.165) is 42.8 Å². The van der Waals surface area contributed by atoms with Gasteiger partial charge in [-0.3, -0.25) is 9.59 Å². The first-order valence-corrected chi connectivity index (χ1v) is 10.7. The topological polar surface area (TPSA) is 113 Å². The van der Waals surface area contributed by atoms with Crippen LogP contribution in [0.15, 0.2) is 30.3 Å². The number of carbonyl (C=O) groups is 2. The summed E-state index contributed by atoms with van der Waals surface area (Å²) in [5.41, 5.74) is -0.0160. The summed E-state index contributed by atoms with van der Waals surface area (Å²) in [6.45, 7) is 1.50. The van der Waals surface area contributed by atoms with Crippen LogP contribution in [0.25, 0.3) is 0 Å². The summed E-state index contributed by atoms with van der Waals surface area (Å²) in [6, 6.07) is 7.23. The second-order valence-corrected chi connectivity index (χ2v) is 8.19. The van der Waals surface area contributed by atoms with E-state index >= 15 is 0 Å². The van der Waals surface area contributed by atoms with Crippen LogP contribution in [-0.2, 0) is 16.0 Å². The number of anilines is 3. The lowest BCUT2D eigenvalue weighted by Crippen LogP contribution is -2.33. The van der Waals surface area contributed by atoms with Gasteiger partial charge >= 0.3 is 0 Å². The Bertz CT molecular complexity index is 1100. The molecule has 1 aliphatic heterocycles. The molecule has 2 aromatic heterocycles. The predicted octanol–water partition coefficient (Wildman–Crippen LogP) is 2.74. The van der Waals surface area contributed by atoms with Crippen molar-refractivity contribution in [1.82, 2.24) is 20.4 Å². The summed E-state index contributed by atoms with van der Waals surface area (Å²) >= 11 is 1.28. The standard InChI is InChI=1S/C20H19F2N7O2S/c21-14-3-1-2-13(18(14)22)10-17(31)24-20-28-27-19(32-20)12-6-8-29(9-7-12)16-5-4-15(23-11-30)25-26-16/h1-5,11-12H,6-10H2,(H,23,25,30)(H,24,28,31). The van der Waals surface area contributed by atoms with E-state index in [4.69, 9.17) is 0 Å². The summed E-state index contributed by atoms with van der Waals surface area (Å²) < 4.78 is 27.0. The van der Waals surface area contributed by atoms with Crippen molar-refractivity contribution >= 4 is 40.4 Å². The highest BCUT2D eigenvalue weighted by Gasteiger charge is 2.25. The summed E-state index contributed by atoms with van der Waals surface area (Å²) in [4.78, 5) is 24.7. The minimum absolute atomic E-state index is 0.0160. The van der Waals surface area contributed by atoms with E-state index in [-0.39, 0.29) is 17.9 Å². The minimum Gasteiger partial charge on any atom is -0.355 e. The maximum absolute atomic E-state index is 13.7. The molecule has 1 fully saturated rings. The number of aromatic nitrogens is 4. The molecule has 9 nitrogen and oxygen atoms in total. The molecule has 2 amide bonds. The molecule has 0 aliphatic carbocycles. The molecule has 0 bridgehead atoms. The van der Waals surface area contributed by atoms with Gasteiger partial charge in [0.2, 0.25) is 17.4 Å². The number of carbonyl (C=O) groups excluding carboxylic acids is 2. The number of hydrogen-bond donors (Lipinski definition) is 2. The van der Waals surface area contributed by atoms with Crippen LogP contribution in [-0.4, -0.2) is 45.8 Å². The van der Waals surface area contributed by atoms with Crippen LogP contribution in [0.1, 0.15) is 29.3 Å². The van der Waals surface area contributed by atoms with E-state index in [0.29, 0.717) is 17.4 Å². The second-order valence-electron chi connectivity index (χ2n) is 7.18. The highest BCUT2D eigenvalue weighted by molar-refractivity contribution is 7.15. The van der Waals surface area contributed by atoms with E-state index in [1.54, 1.807) is 12.1 Å².